The van der Waals surface area contributed by atoms with Crippen molar-refractivity contribution in [2.75, 3.05) is 13.1 Å². The van der Waals surface area contributed by atoms with Gasteiger partial charge in [0.2, 0.25) is 10.0 Å². The van der Waals surface area contributed by atoms with Crippen LogP contribution in [0.1, 0.15) is 24.5 Å². The van der Waals surface area contributed by atoms with Crippen LogP contribution in [0.3, 0.4) is 0 Å². The van der Waals surface area contributed by atoms with Crippen LogP contribution >= 0.6 is 0 Å². The predicted octanol–water partition coefficient (Wildman–Crippen LogP) is 3.61. The molecule has 27 heavy (non-hydrogen) atoms. The van der Waals surface area contributed by atoms with Gasteiger partial charge in [-0.05, 0) is 42.2 Å². The van der Waals surface area contributed by atoms with Crippen LogP contribution in [0.15, 0.2) is 59.8 Å². The zero-order valence-corrected chi connectivity index (χ0v) is 16.4. The van der Waals surface area contributed by atoms with Crippen LogP contribution in [0.5, 0.6) is 0 Å². The number of hydrogen-bond donors (Lipinski definition) is 0. The van der Waals surface area contributed by atoms with Crippen molar-refractivity contribution in [1.29, 1.82) is 0 Å². The normalized spacial score (nSPS) is 15.9. The summed E-state index contributed by atoms with van der Waals surface area (Å²) in [5, 5.41) is 1.11. The highest BCUT2D eigenvalue weighted by molar-refractivity contribution is 7.89. The van der Waals surface area contributed by atoms with E-state index in [4.69, 9.17) is 0 Å². The number of benzene rings is 1. The molecular formula is C21H23N3O2S. The largest absolute Gasteiger partial charge is 0.335 e. The van der Waals surface area contributed by atoms with E-state index in [9.17, 15) is 8.42 Å². The Morgan fingerprint density at radius 3 is 2.70 bits per heavy atom. The van der Waals surface area contributed by atoms with E-state index in [-0.39, 0.29) is 0 Å². The molecule has 0 radical (unpaired) electrons. The van der Waals surface area contributed by atoms with Crippen molar-refractivity contribution >= 4 is 26.6 Å². The Labute approximate surface area is 160 Å². The third-order valence-corrected chi connectivity index (χ3v) is 7.19. The fraction of sp³-hybridized carbons (Fsp3) is 0.286. The van der Waals surface area contributed by atoms with Crippen LogP contribution in [-0.2, 0) is 23.5 Å². The van der Waals surface area contributed by atoms with E-state index < -0.39 is 10.0 Å². The summed E-state index contributed by atoms with van der Waals surface area (Å²) in [6.45, 7) is 2.87. The first kappa shape index (κ1) is 17.9. The first-order valence-electron chi connectivity index (χ1n) is 9.20. The Balaban J connectivity index is 1.65. The molecule has 6 heteroatoms. The first-order valence-corrected chi connectivity index (χ1v) is 10.6. The van der Waals surface area contributed by atoms with E-state index in [0.29, 0.717) is 30.8 Å². The van der Waals surface area contributed by atoms with Gasteiger partial charge in [0.25, 0.3) is 0 Å². The quantitative estimate of drug-likeness (QED) is 0.694. The fourth-order valence-corrected chi connectivity index (χ4v) is 5.44. The van der Waals surface area contributed by atoms with E-state index in [0.717, 1.165) is 22.2 Å². The summed E-state index contributed by atoms with van der Waals surface area (Å²) in [7, 11) is -1.49. The molecule has 1 aliphatic rings. The summed E-state index contributed by atoms with van der Waals surface area (Å²) in [6, 6.07) is 11.3. The van der Waals surface area contributed by atoms with Crippen molar-refractivity contribution in [3.63, 3.8) is 0 Å². The number of pyridine rings is 1. The molecule has 0 unspecified atom stereocenters. The van der Waals surface area contributed by atoms with Crippen molar-refractivity contribution in [3.05, 3.63) is 66.0 Å². The summed E-state index contributed by atoms with van der Waals surface area (Å²) in [5.41, 5.74) is 4.14. The third kappa shape index (κ3) is 3.09. The molecule has 0 N–H and O–H groups in total. The summed E-state index contributed by atoms with van der Waals surface area (Å²) in [4.78, 5) is 4.87. The maximum atomic E-state index is 13.1. The second kappa shape index (κ2) is 6.94. The molecule has 0 fully saturated rings. The number of aryl methyl sites for hydroxylation is 2. The van der Waals surface area contributed by atoms with E-state index in [1.807, 2.05) is 42.8 Å². The molecule has 0 aliphatic carbocycles. The summed E-state index contributed by atoms with van der Waals surface area (Å²) in [5.74, 6) is 0. The smallest absolute Gasteiger partial charge is 0.243 e. The Morgan fingerprint density at radius 2 is 1.96 bits per heavy atom. The molecule has 0 atom stereocenters. The van der Waals surface area contributed by atoms with Gasteiger partial charge in [0.05, 0.1) is 4.90 Å². The molecule has 5 nitrogen and oxygen atoms in total. The van der Waals surface area contributed by atoms with E-state index in [1.165, 1.54) is 5.57 Å². The molecule has 1 aromatic carbocycles. The van der Waals surface area contributed by atoms with Gasteiger partial charge in [-0.2, -0.15) is 4.31 Å². The minimum atomic E-state index is -3.48. The standard InChI is InChI=1S/C21H23N3O2S/c1-3-16-7-4-5-9-20(16)27(25,26)24-13-10-17(11-14-24)19-15-23(2)21-18(19)8-6-12-22-21/h4-10,12,15H,3,11,13-14H2,1-2H3. The number of fused-ring (bicyclic) bond motifs is 1. The van der Waals surface area contributed by atoms with Gasteiger partial charge in [-0.15, -0.1) is 0 Å². The van der Waals surface area contributed by atoms with E-state index >= 15 is 0 Å². The lowest BCUT2D eigenvalue weighted by Gasteiger charge is -2.26. The highest BCUT2D eigenvalue weighted by atomic mass is 32.2. The average Bonchev–Trinajstić information content (AvgIpc) is 3.05. The molecule has 0 bridgehead atoms. The second-order valence-corrected chi connectivity index (χ2v) is 8.74. The summed E-state index contributed by atoms with van der Waals surface area (Å²) >= 11 is 0. The summed E-state index contributed by atoms with van der Waals surface area (Å²) < 4.78 is 29.8. The van der Waals surface area contributed by atoms with E-state index in [1.54, 1.807) is 22.6 Å². The SMILES string of the molecule is CCc1ccccc1S(=O)(=O)N1CC=C(c2cn(C)c3ncccc23)CC1. The lowest BCUT2D eigenvalue weighted by molar-refractivity contribution is 0.440. The van der Waals surface area contributed by atoms with Crippen LogP contribution in [0.25, 0.3) is 16.6 Å². The van der Waals surface area contributed by atoms with Crippen LogP contribution in [0, 0.1) is 0 Å². The van der Waals surface area contributed by atoms with Crippen LogP contribution in [-0.4, -0.2) is 35.4 Å². The topological polar surface area (TPSA) is 55.2 Å². The molecule has 0 saturated carbocycles. The van der Waals surface area contributed by atoms with Crippen molar-refractivity contribution in [1.82, 2.24) is 13.9 Å². The minimum Gasteiger partial charge on any atom is -0.335 e. The second-order valence-electron chi connectivity index (χ2n) is 6.83. The lowest BCUT2D eigenvalue weighted by atomic mass is 10.0. The molecule has 1 aliphatic heterocycles. The Bertz CT molecular complexity index is 1130. The molecule has 2 aromatic heterocycles. The Hall–Kier alpha value is -2.44. The molecule has 3 aromatic rings. The molecule has 4 rings (SSSR count). The Morgan fingerprint density at radius 1 is 1.15 bits per heavy atom. The number of rotatable bonds is 4. The maximum Gasteiger partial charge on any atom is 0.243 e. The highest BCUT2D eigenvalue weighted by Crippen LogP contribution is 2.31. The lowest BCUT2D eigenvalue weighted by Crippen LogP contribution is -2.35. The van der Waals surface area contributed by atoms with Gasteiger partial charge < -0.3 is 4.57 Å². The average molecular weight is 382 g/mol. The summed E-state index contributed by atoms with van der Waals surface area (Å²) in [6.07, 6.45) is 7.31. The fourth-order valence-electron chi connectivity index (χ4n) is 3.77. The van der Waals surface area contributed by atoms with Crippen molar-refractivity contribution in [2.45, 2.75) is 24.7 Å². The maximum absolute atomic E-state index is 13.1. The van der Waals surface area contributed by atoms with Gasteiger partial charge >= 0.3 is 0 Å². The number of aromatic nitrogens is 2. The predicted molar refractivity (Wildman–Crippen MR) is 108 cm³/mol. The first-order chi connectivity index (χ1) is 13.0. The molecular weight excluding hydrogens is 358 g/mol. The molecule has 0 saturated heterocycles. The van der Waals surface area contributed by atoms with Crippen molar-refractivity contribution in [3.8, 4) is 0 Å². The third-order valence-electron chi connectivity index (χ3n) is 5.22. The number of hydrogen-bond acceptors (Lipinski definition) is 3. The molecule has 0 amide bonds. The van der Waals surface area contributed by atoms with Gasteiger partial charge in [0.1, 0.15) is 5.65 Å². The number of nitrogens with zero attached hydrogens (tertiary/aromatic N) is 3. The van der Waals surface area contributed by atoms with Gasteiger partial charge in [-0.1, -0.05) is 31.2 Å². The van der Waals surface area contributed by atoms with Gasteiger partial charge in [0, 0.05) is 43.5 Å². The molecule has 3 heterocycles. The Kier molecular flexibility index (Phi) is 4.61. The van der Waals surface area contributed by atoms with Crippen molar-refractivity contribution < 1.29 is 8.42 Å². The monoisotopic (exact) mass is 381 g/mol. The van der Waals surface area contributed by atoms with Gasteiger partial charge in [-0.25, -0.2) is 13.4 Å². The molecule has 140 valence electrons. The zero-order valence-electron chi connectivity index (χ0n) is 15.6. The van der Waals surface area contributed by atoms with Crippen molar-refractivity contribution in [2.24, 2.45) is 7.05 Å². The van der Waals surface area contributed by atoms with Crippen LogP contribution in [0.4, 0.5) is 0 Å². The van der Waals surface area contributed by atoms with Crippen LogP contribution < -0.4 is 0 Å². The highest BCUT2D eigenvalue weighted by Gasteiger charge is 2.28. The van der Waals surface area contributed by atoms with E-state index in [2.05, 4.69) is 17.2 Å². The minimum absolute atomic E-state index is 0.395. The van der Waals surface area contributed by atoms with Gasteiger partial charge in [-0.3, -0.25) is 0 Å². The zero-order chi connectivity index (χ0) is 19.0. The number of sulfonamides is 1. The van der Waals surface area contributed by atoms with Crippen LogP contribution in [0.2, 0.25) is 0 Å². The van der Waals surface area contributed by atoms with Gasteiger partial charge in [0.15, 0.2) is 0 Å². The molecule has 0 spiro atoms.